The lowest BCUT2D eigenvalue weighted by Gasteiger charge is -2.32. The standard InChI is InChI=1S/C16H28N2O4/c1-2-17-16(20)22-14(12-13-6-4-3-5-7-13)15(19)18-8-10-21-11-9-18/h13-14H,2-12H2,1H3,(H,17,20)/t14-/m0/s1. The van der Waals surface area contributed by atoms with Gasteiger partial charge in [-0.25, -0.2) is 4.79 Å². The van der Waals surface area contributed by atoms with E-state index in [2.05, 4.69) is 5.32 Å². The van der Waals surface area contributed by atoms with Crippen LogP contribution in [0.2, 0.25) is 0 Å². The molecule has 1 saturated heterocycles. The van der Waals surface area contributed by atoms with Crippen molar-refractivity contribution in [2.75, 3.05) is 32.8 Å². The predicted molar refractivity (Wildman–Crippen MR) is 82.5 cm³/mol. The first-order chi connectivity index (χ1) is 10.7. The molecule has 22 heavy (non-hydrogen) atoms. The van der Waals surface area contributed by atoms with Crippen LogP contribution >= 0.6 is 0 Å². The van der Waals surface area contributed by atoms with E-state index in [0.717, 1.165) is 12.8 Å². The van der Waals surface area contributed by atoms with Crippen molar-refractivity contribution < 1.29 is 19.1 Å². The molecule has 0 bridgehead atoms. The van der Waals surface area contributed by atoms with Crippen LogP contribution in [0.1, 0.15) is 45.4 Å². The topological polar surface area (TPSA) is 67.9 Å². The minimum atomic E-state index is -0.659. The number of hydrogen-bond acceptors (Lipinski definition) is 4. The van der Waals surface area contributed by atoms with E-state index in [9.17, 15) is 9.59 Å². The van der Waals surface area contributed by atoms with E-state index in [0.29, 0.717) is 45.2 Å². The van der Waals surface area contributed by atoms with Crippen LogP contribution in [0, 0.1) is 5.92 Å². The van der Waals surface area contributed by atoms with Gasteiger partial charge in [-0.1, -0.05) is 32.1 Å². The highest BCUT2D eigenvalue weighted by Gasteiger charge is 2.31. The third-order valence-electron chi connectivity index (χ3n) is 4.44. The average molecular weight is 312 g/mol. The first-order valence-electron chi connectivity index (χ1n) is 8.51. The number of ether oxygens (including phenoxy) is 2. The van der Waals surface area contributed by atoms with Crippen LogP contribution < -0.4 is 5.32 Å². The van der Waals surface area contributed by atoms with Crippen molar-refractivity contribution >= 4 is 12.0 Å². The Hall–Kier alpha value is -1.30. The maximum atomic E-state index is 12.7. The molecule has 1 atom stereocenters. The number of hydrogen-bond donors (Lipinski definition) is 1. The van der Waals surface area contributed by atoms with E-state index in [4.69, 9.17) is 9.47 Å². The van der Waals surface area contributed by atoms with Crippen LogP contribution in [0.15, 0.2) is 0 Å². The fraction of sp³-hybridized carbons (Fsp3) is 0.875. The molecule has 0 radical (unpaired) electrons. The molecule has 0 unspecified atom stereocenters. The number of rotatable bonds is 5. The minimum Gasteiger partial charge on any atom is -0.436 e. The van der Waals surface area contributed by atoms with Gasteiger partial charge in [0.1, 0.15) is 0 Å². The fourth-order valence-corrected chi connectivity index (χ4v) is 3.23. The Morgan fingerprint density at radius 3 is 2.55 bits per heavy atom. The third kappa shape index (κ3) is 5.16. The molecule has 2 amide bonds. The molecule has 2 fully saturated rings. The van der Waals surface area contributed by atoms with E-state index in [1.54, 1.807) is 4.90 Å². The molecule has 0 spiro atoms. The monoisotopic (exact) mass is 312 g/mol. The lowest BCUT2D eigenvalue weighted by atomic mass is 9.85. The summed E-state index contributed by atoms with van der Waals surface area (Å²) < 4.78 is 10.7. The van der Waals surface area contributed by atoms with Crippen LogP contribution in [-0.4, -0.2) is 55.9 Å². The highest BCUT2D eigenvalue weighted by Crippen LogP contribution is 2.28. The van der Waals surface area contributed by atoms with Crippen molar-refractivity contribution in [3.63, 3.8) is 0 Å². The Labute approximate surface area is 132 Å². The number of morpholine rings is 1. The molecule has 2 aliphatic rings. The molecule has 0 aromatic rings. The zero-order valence-electron chi connectivity index (χ0n) is 13.5. The maximum Gasteiger partial charge on any atom is 0.407 e. The molecule has 0 aromatic heterocycles. The van der Waals surface area contributed by atoms with Crippen LogP contribution in [-0.2, 0) is 14.3 Å². The van der Waals surface area contributed by atoms with Crippen LogP contribution in [0.25, 0.3) is 0 Å². The SMILES string of the molecule is CCNC(=O)O[C@@H](CC1CCCCC1)C(=O)N1CCOCC1. The summed E-state index contributed by atoms with van der Waals surface area (Å²) >= 11 is 0. The van der Waals surface area contributed by atoms with E-state index in [1.807, 2.05) is 6.92 Å². The molecule has 6 nitrogen and oxygen atoms in total. The van der Waals surface area contributed by atoms with Gasteiger partial charge in [0.25, 0.3) is 5.91 Å². The normalized spacial score (nSPS) is 21.2. The number of alkyl carbamates (subject to hydrolysis) is 1. The van der Waals surface area contributed by atoms with E-state index in [-0.39, 0.29) is 5.91 Å². The van der Waals surface area contributed by atoms with Crippen molar-refractivity contribution in [1.82, 2.24) is 10.2 Å². The Kier molecular flexibility index (Phi) is 6.96. The largest absolute Gasteiger partial charge is 0.436 e. The molecule has 1 N–H and O–H groups in total. The number of carbonyl (C=O) groups is 2. The van der Waals surface area contributed by atoms with Crippen molar-refractivity contribution in [2.24, 2.45) is 5.92 Å². The smallest absolute Gasteiger partial charge is 0.407 e. The first-order valence-corrected chi connectivity index (χ1v) is 8.51. The van der Waals surface area contributed by atoms with Gasteiger partial charge in [-0.15, -0.1) is 0 Å². The molecular formula is C16H28N2O4. The molecule has 6 heteroatoms. The molecule has 1 aliphatic carbocycles. The van der Waals surface area contributed by atoms with Gasteiger partial charge in [-0.3, -0.25) is 4.79 Å². The van der Waals surface area contributed by atoms with Crippen molar-refractivity contribution in [1.29, 1.82) is 0 Å². The summed E-state index contributed by atoms with van der Waals surface area (Å²) in [6.45, 7) is 4.62. The van der Waals surface area contributed by atoms with Gasteiger partial charge in [0, 0.05) is 19.6 Å². The highest BCUT2D eigenvalue weighted by molar-refractivity contribution is 5.83. The van der Waals surface area contributed by atoms with Gasteiger partial charge in [0.15, 0.2) is 6.10 Å². The number of amides is 2. The fourth-order valence-electron chi connectivity index (χ4n) is 3.23. The zero-order valence-corrected chi connectivity index (χ0v) is 13.5. The first kappa shape index (κ1) is 17.1. The van der Waals surface area contributed by atoms with Gasteiger partial charge in [0.2, 0.25) is 0 Å². The number of carbonyl (C=O) groups excluding carboxylic acids is 2. The van der Waals surface area contributed by atoms with Crippen LogP contribution in [0.3, 0.4) is 0 Å². The second kappa shape index (κ2) is 8.98. The Balaban J connectivity index is 1.95. The van der Waals surface area contributed by atoms with Gasteiger partial charge >= 0.3 is 6.09 Å². The lowest BCUT2D eigenvalue weighted by molar-refractivity contribution is -0.145. The van der Waals surface area contributed by atoms with Crippen LogP contribution in [0.5, 0.6) is 0 Å². The number of nitrogens with zero attached hydrogens (tertiary/aromatic N) is 1. The summed E-state index contributed by atoms with van der Waals surface area (Å²) in [5, 5.41) is 2.61. The van der Waals surface area contributed by atoms with E-state index < -0.39 is 12.2 Å². The molecule has 126 valence electrons. The second-order valence-corrected chi connectivity index (χ2v) is 6.10. The quantitative estimate of drug-likeness (QED) is 0.842. The molecule has 1 heterocycles. The van der Waals surface area contributed by atoms with Gasteiger partial charge in [0.05, 0.1) is 13.2 Å². The summed E-state index contributed by atoms with van der Waals surface area (Å²) in [6, 6.07) is 0. The lowest BCUT2D eigenvalue weighted by Crippen LogP contribution is -2.48. The molecule has 2 rings (SSSR count). The summed E-state index contributed by atoms with van der Waals surface area (Å²) in [7, 11) is 0. The summed E-state index contributed by atoms with van der Waals surface area (Å²) in [5.41, 5.74) is 0. The summed E-state index contributed by atoms with van der Waals surface area (Å²) in [6.07, 6.45) is 5.45. The molecule has 1 saturated carbocycles. The summed E-state index contributed by atoms with van der Waals surface area (Å²) in [5.74, 6) is 0.415. The van der Waals surface area contributed by atoms with Crippen molar-refractivity contribution in [3.05, 3.63) is 0 Å². The Morgan fingerprint density at radius 2 is 1.91 bits per heavy atom. The molecule has 1 aliphatic heterocycles. The Morgan fingerprint density at radius 1 is 1.23 bits per heavy atom. The zero-order chi connectivity index (χ0) is 15.8. The van der Waals surface area contributed by atoms with Gasteiger partial charge in [-0.2, -0.15) is 0 Å². The van der Waals surface area contributed by atoms with Gasteiger partial charge in [-0.05, 0) is 19.3 Å². The molecule has 0 aromatic carbocycles. The van der Waals surface area contributed by atoms with Gasteiger partial charge < -0.3 is 19.7 Å². The van der Waals surface area contributed by atoms with Crippen molar-refractivity contribution in [3.8, 4) is 0 Å². The second-order valence-electron chi connectivity index (χ2n) is 6.10. The van der Waals surface area contributed by atoms with E-state index >= 15 is 0 Å². The number of nitrogens with one attached hydrogen (secondary N) is 1. The summed E-state index contributed by atoms with van der Waals surface area (Å²) in [4.78, 5) is 26.2. The van der Waals surface area contributed by atoms with E-state index in [1.165, 1.54) is 19.3 Å². The van der Waals surface area contributed by atoms with Crippen LogP contribution in [0.4, 0.5) is 4.79 Å². The highest BCUT2D eigenvalue weighted by atomic mass is 16.6. The Bertz CT molecular complexity index is 363. The maximum absolute atomic E-state index is 12.7. The predicted octanol–water partition coefficient (Wildman–Crippen LogP) is 1.93. The molecular weight excluding hydrogens is 284 g/mol. The van der Waals surface area contributed by atoms with Crippen molar-refractivity contribution in [2.45, 2.75) is 51.6 Å². The minimum absolute atomic E-state index is 0.0693. The third-order valence-corrected chi connectivity index (χ3v) is 4.44. The average Bonchev–Trinajstić information content (AvgIpc) is 2.55.